The normalized spacial score (nSPS) is 16.4. The third-order valence-corrected chi connectivity index (χ3v) is 5.78. The van der Waals surface area contributed by atoms with E-state index in [0.717, 1.165) is 12.2 Å². The summed E-state index contributed by atoms with van der Waals surface area (Å²) in [4.78, 5) is 2.15. The van der Waals surface area contributed by atoms with E-state index >= 15 is 0 Å². The predicted octanol–water partition coefficient (Wildman–Crippen LogP) is 1.96. The molecule has 1 aromatic rings. The van der Waals surface area contributed by atoms with Gasteiger partial charge in [0.15, 0.2) is 5.25 Å². The monoisotopic (exact) mass is 293 g/mol. The van der Waals surface area contributed by atoms with E-state index in [4.69, 9.17) is 5.26 Å². The largest absolute Gasteiger partial charge is 0.368 e. The van der Waals surface area contributed by atoms with Crippen LogP contribution >= 0.6 is 0 Å². The molecule has 0 N–H and O–H groups in total. The smallest absolute Gasteiger partial charge is 0.251 e. The minimum atomic E-state index is -3.62. The molecule has 0 spiro atoms. The number of benzene rings is 1. The summed E-state index contributed by atoms with van der Waals surface area (Å²) in [7, 11) is -3.62. The first-order chi connectivity index (χ1) is 9.56. The number of rotatable bonds is 4. The molecule has 1 aliphatic rings. The van der Waals surface area contributed by atoms with Gasteiger partial charge in [-0.1, -0.05) is 19.1 Å². The van der Waals surface area contributed by atoms with Crippen LogP contribution in [0.1, 0.15) is 20.3 Å². The van der Waals surface area contributed by atoms with Gasteiger partial charge in [-0.15, -0.1) is 0 Å². The van der Waals surface area contributed by atoms with Gasteiger partial charge in [0, 0.05) is 13.1 Å². The Kier molecular flexibility index (Phi) is 4.19. The van der Waals surface area contributed by atoms with Gasteiger partial charge in [0.25, 0.3) is 10.0 Å². The molecule has 0 saturated carbocycles. The first-order valence-electron chi connectivity index (χ1n) is 6.81. The first-order valence-corrected chi connectivity index (χ1v) is 8.31. The molecule has 5 nitrogen and oxygen atoms in total. The molecule has 0 saturated heterocycles. The van der Waals surface area contributed by atoms with Gasteiger partial charge in [0.1, 0.15) is 0 Å². The van der Waals surface area contributed by atoms with Crippen LogP contribution in [0.15, 0.2) is 24.3 Å². The molecule has 0 unspecified atom stereocenters. The fraction of sp³-hybridized carbons (Fsp3) is 0.500. The zero-order chi connectivity index (χ0) is 14.8. The molecule has 1 heterocycles. The van der Waals surface area contributed by atoms with Crippen molar-refractivity contribution in [1.29, 1.82) is 5.26 Å². The van der Waals surface area contributed by atoms with Crippen molar-refractivity contribution >= 4 is 21.4 Å². The Morgan fingerprint density at radius 2 is 1.90 bits per heavy atom. The van der Waals surface area contributed by atoms with Crippen LogP contribution in [0.5, 0.6) is 0 Å². The molecule has 1 aliphatic heterocycles. The molecule has 0 bridgehead atoms. The van der Waals surface area contributed by atoms with Crippen molar-refractivity contribution in [3.05, 3.63) is 24.3 Å². The van der Waals surface area contributed by atoms with E-state index in [-0.39, 0.29) is 0 Å². The summed E-state index contributed by atoms with van der Waals surface area (Å²) < 4.78 is 26.6. The number of hydrogen-bond acceptors (Lipinski definition) is 4. The highest BCUT2D eigenvalue weighted by atomic mass is 32.2. The van der Waals surface area contributed by atoms with Gasteiger partial charge in [-0.25, -0.2) is 8.42 Å². The van der Waals surface area contributed by atoms with Crippen molar-refractivity contribution in [3.63, 3.8) is 0 Å². The lowest BCUT2D eigenvalue weighted by molar-refractivity contribution is 0.580. The van der Waals surface area contributed by atoms with E-state index < -0.39 is 15.3 Å². The van der Waals surface area contributed by atoms with Crippen LogP contribution in [-0.2, 0) is 10.0 Å². The Bertz CT molecular complexity index is 622. The number of hydrogen-bond donors (Lipinski definition) is 0. The van der Waals surface area contributed by atoms with E-state index in [2.05, 4.69) is 4.90 Å². The maximum absolute atomic E-state index is 12.6. The molecule has 20 heavy (non-hydrogen) atoms. The minimum absolute atomic E-state index is 0.301. The van der Waals surface area contributed by atoms with E-state index in [1.165, 1.54) is 4.31 Å². The lowest BCUT2D eigenvalue weighted by Gasteiger charge is -2.38. The number of fused-ring (bicyclic) bond motifs is 1. The molecule has 1 aromatic carbocycles. The number of nitriles is 1. The van der Waals surface area contributed by atoms with Gasteiger partial charge >= 0.3 is 0 Å². The Balaban J connectivity index is 2.48. The molecule has 1 atom stereocenters. The molecular weight excluding hydrogens is 274 g/mol. The summed E-state index contributed by atoms with van der Waals surface area (Å²) in [5, 5.41) is 8.09. The molecule has 0 aromatic heterocycles. The van der Waals surface area contributed by atoms with Crippen LogP contribution in [-0.4, -0.2) is 33.3 Å². The van der Waals surface area contributed by atoms with Crippen LogP contribution in [0.4, 0.5) is 11.4 Å². The lowest BCUT2D eigenvalue weighted by atomic mass is 10.2. The van der Waals surface area contributed by atoms with E-state index in [9.17, 15) is 8.42 Å². The van der Waals surface area contributed by atoms with Gasteiger partial charge in [0.2, 0.25) is 0 Å². The average molecular weight is 293 g/mol. The van der Waals surface area contributed by atoms with Crippen LogP contribution < -0.4 is 9.21 Å². The molecule has 6 heteroatoms. The van der Waals surface area contributed by atoms with Gasteiger partial charge < -0.3 is 4.90 Å². The Morgan fingerprint density at radius 1 is 1.25 bits per heavy atom. The van der Waals surface area contributed by atoms with Crippen LogP contribution in [0.3, 0.4) is 0 Å². The summed E-state index contributed by atoms with van der Waals surface area (Å²) >= 11 is 0. The summed E-state index contributed by atoms with van der Waals surface area (Å²) in [6.07, 6.45) is 0.301. The summed E-state index contributed by atoms with van der Waals surface area (Å²) in [5.74, 6) is 0. The highest BCUT2D eigenvalue weighted by Gasteiger charge is 2.35. The van der Waals surface area contributed by atoms with Gasteiger partial charge in [-0.3, -0.25) is 4.31 Å². The van der Waals surface area contributed by atoms with Crippen molar-refractivity contribution < 1.29 is 8.42 Å². The number of likely N-dealkylation sites (N-methyl/N-ethyl adjacent to an activating group) is 1. The van der Waals surface area contributed by atoms with Gasteiger partial charge in [0.05, 0.1) is 24.0 Å². The highest BCUT2D eigenvalue weighted by Crippen LogP contribution is 2.35. The SMILES string of the molecule is CC[C@H](C#N)S(=O)(=O)N1CCN(CC)c2ccccc21. The number of sulfonamides is 1. The van der Waals surface area contributed by atoms with Crippen molar-refractivity contribution in [2.75, 3.05) is 28.8 Å². The summed E-state index contributed by atoms with van der Waals surface area (Å²) in [6, 6.07) is 9.36. The molecular formula is C14H19N3O2S. The topological polar surface area (TPSA) is 64.4 Å². The lowest BCUT2D eigenvalue weighted by Crippen LogP contribution is -2.47. The second-order valence-corrected chi connectivity index (χ2v) is 6.75. The quantitative estimate of drug-likeness (QED) is 0.851. The Hall–Kier alpha value is -1.74. The van der Waals surface area contributed by atoms with Crippen LogP contribution in [0.2, 0.25) is 0 Å². The van der Waals surface area contributed by atoms with Gasteiger partial charge in [-0.05, 0) is 25.5 Å². The van der Waals surface area contributed by atoms with Crippen LogP contribution in [0.25, 0.3) is 0 Å². The Morgan fingerprint density at radius 3 is 2.45 bits per heavy atom. The maximum atomic E-state index is 12.6. The highest BCUT2D eigenvalue weighted by molar-refractivity contribution is 7.93. The average Bonchev–Trinajstić information content (AvgIpc) is 2.46. The Labute approximate surface area is 120 Å². The van der Waals surface area contributed by atoms with Crippen molar-refractivity contribution in [3.8, 4) is 6.07 Å². The van der Waals surface area contributed by atoms with E-state index in [1.54, 1.807) is 13.0 Å². The van der Waals surface area contributed by atoms with Gasteiger partial charge in [-0.2, -0.15) is 5.26 Å². The fourth-order valence-corrected chi connectivity index (χ4v) is 4.14. The van der Waals surface area contributed by atoms with E-state index in [1.807, 2.05) is 31.2 Å². The number of nitrogens with zero attached hydrogens (tertiary/aromatic N) is 3. The third-order valence-electron chi connectivity index (χ3n) is 3.63. The molecule has 0 amide bonds. The molecule has 2 rings (SSSR count). The fourth-order valence-electron chi connectivity index (χ4n) is 2.51. The van der Waals surface area contributed by atoms with Crippen molar-refractivity contribution in [1.82, 2.24) is 0 Å². The molecule has 0 radical (unpaired) electrons. The van der Waals surface area contributed by atoms with Crippen molar-refractivity contribution in [2.24, 2.45) is 0 Å². The maximum Gasteiger partial charge on any atom is 0.251 e. The second kappa shape index (κ2) is 5.71. The molecule has 0 fully saturated rings. The number of para-hydroxylation sites is 2. The molecule has 108 valence electrons. The second-order valence-electron chi connectivity index (χ2n) is 4.71. The minimum Gasteiger partial charge on any atom is -0.368 e. The summed E-state index contributed by atoms with van der Waals surface area (Å²) in [6.45, 7) is 5.64. The van der Waals surface area contributed by atoms with Crippen molar-refractivity contribution in [2.45, 2.75) is 25.5 Å². The van der Waals surface area contributed by atoms with Crippen LogP contribution in [0, 0.1) is 11.3 Å². The zero-order valence-corrected chi connectivity index (χ0v) is 12.6. The molecule has 0 aliphatic carbocycles. The zero-order valence-electron chi connectivity index (χ0n) is 11.8. The predicted molar refractivity (Wildman–Crippen MR) is 80.3 cm³/mol. The standard InChI is InChI=1S/C14H19N3O2S/c1-3-12(11-15)20(18,19)17-10-9-16(4-2)13-7-5-6-8-14(13)17/h5-8,12H,3-4,9-10H2,1-2H3/t12-/m1/s1. The van der Waals surface area contributed by atoms with E-state index in [0.29, 0.717) is 25.2 Å². The first kappa shape index (κ1) is 14.7. The third kappa shape index (κ3) is 2.34. The summed E-state index contributed by atoms with van der Waals surface area (Å²) in [5.41, 5.74) is 1.59. The number of anilines is 2.